The summed E-state index contributed by atoms with van der Waals surface area (Å²) in [7, 11) is -0.762. The van der Waals surface area contributed by atoms with Gasteiger partial charge in [-0.05, 0) is 37.6 Å². The number of carbonyl (C=O) groups is 1. The van der Waals surface area contributed by atoms with Crippen LogP contribution in [-0.4, -0.2) is 89.6 Å². The van der Waals surface area contributed by atoms with Crippen LogP contribution in [0.5, 0.6) is 5.75 Å². The fraction of sp³-hybridized carbons (Fsp3) is 0.609. The molecule has 0 saturated carbocycles. The molecule has 0 spiro atoms. The van der Waals surface area contributed by atoms with Crippen LogP contribution in [0.25, 0.3) is 0 Å². The molecule has 1 aliphatic heterocycles. The summed E-state index contributed by atoms with van der Waals surface area (Å²) in [6, 6.07) is 5.83. The largest absolute Gasteiger partial charge is 0.497 e. The second-order valence-corrected chi connectivity index (χ2v) is 11.0. The van der Waals surface area contributed by atoms with E-state index in [2.05, 4.69) is 10.3 Å². The second-order valence-electron chi connectivity index (χ2n) is 8.94. The lowest BCUT2D eigenvalue weighted by atomic mass is 10.0. The highest BCUT2D eigenvalue weighted by Gasteiger charge is 2.31. The van der Waals surface area contributed by atoms with Crippen LogP contribution in [-0.2, 0) is 32.7 Å². The van der Waals surface area contributed by atoms with Crippen molar-refractivity contribution in [2.45, 2.75) is 56.9 Å². The van der Waals surface area contributed by atoms with Crippen LogP contribution in [0.4, 0.5) is 0 Å². The van der Waals surface area contributed by atoms with Gasteiger partial charge in [-0.1, -0.05) is 12.1 Å². The Kier molecular flexibility index (Phi) is 9.22. The van der Waals surface area contributed by atoms with Crippen LogP contribution >= 0.6 is 0 Å². The van der Waals surface area contributed by atoms with E-state index in [9.17, 15) is 18.3 Å². The Morgan fingerprint density at radius 3 is 2.69 bits per heavy atom. The predicted octanol–water partition coefficient (Wildman–Crippen LogP) is 1.13. The highest BCUT2D eigenvalue weighted by atomic mass is 32.2. The molecule has 0 saturated heterocycles. The average Bonchev–Trinajstić information content (AvgIpc) is 3.31. The number of sulfonamides is 1. The molecule has 1 aromatic carbocycles. The maximum Gasteiger partial charge on any atom is 0.242 e. The molecule has 1 amide bonds. The lowest BCUT2D eigenvalue weighted by Gasteiger charge is -2.35. The number of hydrogen-bond donors (Lipinski definition) is 1. The van der Waals surface area contributed by atoms with E-state index >= 15 is 0 Å². The van der Waals surface area contributed by atoms with Gasteiger partial charge in [-0.25, -0.2) is 8.42 Å². The van der Waals surface area contributed by atoms with E-state index in [4.69, 9.17) is 9.47 Å². The van der Waals surface area contributed by atoms with Crippen LogP contribution < -0.4 is 4.74 Å². The van der Waals surface area contributed by atoms with Crippen molar-refractivity contribution in [1.29, 1.82) is 0 Å². The Balaban J connectivity index is 1.84. The molecular weight excluding hydrogens is 474 g/mol. The summed E-state index contributed by atoms with van der Waals surface area (Å²) < 4.78 is 40.6. The minimum Gasteiger partial charge on any atom is -0.497 e. The standard InChI is InChI=1S/C23H35N5O6S/c1-17-12-28(18(2)15-29)23(30)6-5-11-27-13-19(24-25-27)16-34-22(17)14-26(3)35(31,32)21-9-7-20(33-4)8-10-21/h7-10,13,17-18,22,29H,5-6,11-12,14-16H2,1-4H3/t17-,18+,22-/m0/s1. The molecule has 2 aromatic rings. The van der Waals surface area contributed by atoms with Crippen molar-refractivity contribution in [1.82, 2.24) is 24.2 Å². The number of aliphatic hydroxyl groups is 1. The molecule has 194 valence electrons. The highest BCUT2D eigenvalue weighted by Crippen LogP contribution is 2.22. The van der Waals surface area contributed by atoms with Crippen LogP contribution in [0.3, 0.4) is 0 Å². The minimum absolute atomic E-state index is 0.0687. The monoisotopic (exact) mass is 509 g/mol. The number of likely N-dealkylation sites (N-methyl/N-ethyl adjacent to an activating group) is 1. The summed E-state index contributed by atoms with van der Waals surface area (Å²) in [5, 5.41) is 17.9. The number of aliphatic hydroxyl groups excluding tert-OH is 1. The third-order valence-corrected chi connectivity index (χ3v) is 8.09. The first-order valence-electron chi connectivity index (χ1n) is 11.7. The van der Waals surface area contributed by atoms with Gasteiger partial charge in [0.25, 0.3) is 0 Å². The molecule has 1 aliphatic rings. The Bertz CT molecular complexity index is 1070. The van der Waals surface area contributed by atoms with E-state index in [0.717, 1.165) is 0 Å². The molecule has 0 aliphatic carbocycles. The second kappa shape index (κ2) is 11.9. The number of amides is 1. The van der Waals surface area contributed by atoms with Crippen molar-refractivity contribution in [3.63, 3.8) is 0 Å². The molecule has 0 fully saturated rings. The number of fused-ring (bicyclic) bond motifs is 2. The lowest BCUT2D eigenvalue weighted by molar-refractivity contribution is -0.136. The summed E-state index contributed by atoms with van der Waals surface area (Å²) in [6.07, 6.45) is 2.14. The normalized spacial score (nSPS) is 21.2. The van der Waals surface area contributed by atoms with Crippen molar-refractivity contribution in [3.8, 4) is 5.75 Å². The Morgan fingerprint density at radius 1 is 1.31 bits per heavy atom. The van der Waals surface area contributed by atoms with Gasteiger partial charge in [0.2, 0.25) is 15.9 Å². The molecule has 11 nitrogen and oxygen atoms in total. The topological polar surface area (TPSA) is 127 Å². The van der Waals surface area contributed by atoms with Gasteiger partial charge in [0.1, 0.15) is 11.4 Å². The van der Waals surface area contributed by atoms with Gasteiger partial charge in [0, 0.05) is 39.0 Å². The fourth-order valence-corrected chi connectivity index (χ4v) is 5.16. The van der Waals surface area contributed by atoms with E-state index in [1.807, 2.05) is 6.92 Å². The van der Waals surface area contributed by atoms with Gasteiger partial charge in [-0.15, -0.1) is 5.10 Å². The zero-order valence-corrected chi connectivity index (χ0v) is 21.5. The zero-order valence-electron chi connectivity index (χ0n) is 20.7. The SMILES string of the molecule is COc1ccc(S(=O)(=O)N(C)C[C@@H]2OCc3cn(nn3)CCCC(=O)N([C@H](C)CO)C[C@@H]2C)cc1. The first-order chi connectivity index (χ1) is 16.6. The molecule has 2 bridgehead atoms. The van der Waals surface area contributed by atoms with E-state index in [1.165, 1.54) is 30.6 Å². The molecule has 2 heterocycles. The number of rotatable bonds is 7. The maximum atomic E-state index is 13.2. The average molecular weight is 510 g/mol. The summed E-state index contributed by atoms with van der Waals surface area (Å²) >= 11 is 0. The first-order valence-corrected chi connectivity index (χ1v) is 13.1. The molecular formula is C23H35N5O6S. The number of aryl methyl sites for hydroxylation is 1. The molecule has 3 rings (SSSR count). The number of nitrogens with zero attached hydrogens (tertiary/aromatic N) is 5. The smallest absolute Gasteiger partial charge is 0.242 e. The Morgan fingerprint density at radius 2 is 2.03 bits per heavy atom. The zero-order chi connectivity index (χ0) is 25.6. The lowest BCUT2D eigenvalue weighted by Crippen LogP contribution is -2.47. The van der Waals surface area contributed by atoms with E-state index in [0.29, 0.717) is 37.4 Å². The number of methoxy groups -OCH3 is 1. The summed E-state index contributed by atoms with van der Waals surface area (Å²) in [6.45, 7) is 4.64. The van der Waals surface area contributed by atoms with Gasteiger partial charge in [-0.2, -0.15) is 4.31 Å². The number of carbonyl (C=O) groups excluding carboxylic acids is 1. The third kappa shape index (κ3) is 6.78. The Hall–Kier alpha value is -2.54. The van der Waals surface area contributed by atoms with Crippen LogP contribution in [0, 0.1) is 5.92 Å². The van der Waals surface area contributed by atoms with Crippen molar-refractivity contribution < 1.29 is 27.8 Å². The van der Waals surface area contributed by atoms with Gasteiger partial charge in [0.15, 0.2) is 0 Å². The molecule has 0 unspecified atom stereocenters. The van der Waals surface area contributed by atoms with Crippen molar-refractivity contribution in [2.24, 2.45) is 5.92 Å². The summed E-state index contributed by atoms with van der Waals surface area (Å²) in [5.41, 5.74) is 0.633. The number of hydrogen-bond acceptors (Lipinski definition) is 8. The van der Waals surface area contributed by atoms with Gasteiger partial charge < -0.3 is 19.5 Å². The maximum absolute atomic E-state index is 13.2. The van der Waals surface area contributed by atoms with Crippen molar-refractivity contribution >= 4 is 15.9 Å². The van der Waals surface area contributed by atoms with Gasteiger partial charge >= 0.3 is 0 Å². The predicted molar refractivity (Wildman–Crippen MR) is 128 cm³/mol. The number of benzene rings is 1. The minimum atomic E-state index is -3.79. The molecule has 1 aromatic heterocycles. The van der Waals surface area contributed by atoms with E-state index in [1.54, 1.807) is 34.8 Å². The number of ether oxygens (including phenoxy) is 2. The summed E-state index contributed by atoms with van der Waals surface area (Å²) in [5.74, 6) is 0.266. The van der Waals surface area contributed by atoms with E-state index in [-0.39, 0.29) is 42.5 Å². The van der Waals surface area contributed by atoms with Crippen LogP contribution in [0.1, 0.15) is 32.4 Å². The van der Waals surface area contributed by atoms with Gasteiger partial charge in [-0.3, -0.25) is 9.48 Å². The van der Waals surface area contributed by atoms with Crippen molar-refractivity contribution in [3.05, 3.63) is 36.2 Å². The third-order valence-electron chi connectivity index (χ3n) is 6.25. The van der Waals surface area contributed by atoms with Crippen molar-refractivity contribution in [2.75, 3.05) is 33.9 Å². The molecule has 1 N–H and O–H groups in total. The quantitative estimate of drug-likeness (QED) is 0.589. The molecule has 3 atom stereocenters. The van der Waals surface area contributed by atoms with Crippen LogP contribution in [0.2, 0.25) is 0 Å². The fourth-order valence-electron chi connectivity index (χ4n) is 3.97. The summed E-state index contributed by atoms with van der Waals surface area (Å²) in [4.78, 5) is 14.8. The Labute approximate surface area is 206 Å². The highest BCUT2D eigenvalue weighted by molar-refractivity contribution is 7.89. The first kappa shape index (κ1) is 27.1. The van der Waals surface area contributed by atoms with Gasteiger partial charge in [0.05, 0.1) is 43.6 Å². The molecule has 35 heavy (non-hydrogen) atoms. The molecule has 0 radical (unpaired) electrons. The van der Waals surface area contributed by atoms with E-state index < -0.39 is 16.1 Å². The number of aromatic nitrogens is 3. The molecule has 12 heteroatoms. The van der Waals surface area contributed by atoms with Crippen LogP contribution in [0.15, 0.2) is 35.4 Å².